The molecular weight excluding hydrogens is 360 g/mol. The van der Waals surface area contributed by atoms with Crippen LogP contribution in [-0.4, -0.2) is 30.4 Å². The Morgan fingerprint density at radius 3 is 2.48 bits per heavy atom. The summed E-state index contributed by atoms with van der Waals surface area (Å²) >= 11 is 0. The minimum absolute atomic E-state index is 0.0269. The van der Waals surface area contributed by atoms with Crippen molar-refractivity contribution >= 4 is 23.3 Å². The Hall–Kier alpha value is -3.29. The average Bonchev–Trinajstić information content (AvgIpc) is 2.63. The largest absolute Gasteiger partial charge is 0.482 e. The van der Waals surface area contributed by atoms with E-state index in [1.54, 1.807) is 18.2 Å². The number of hydrogen-bond donors (Lipinski definition) is 1. The van der Waals surface area contributed by atoms with Crippen LogP contribution in [0, 0.1) is 11.6 Å². The molecule has 2 aromatic rings. The fraction of sp³-hybridized carbons (Fsp3) is 0.211. The third-order valence-electron chi connectivity index (χ3n) is 3.46. The second-order valence-corrected chi connectivity index (χ2v) is 5.62. The van der Waals surface area contributed by atoms with Crippen LogP contribution in [-0.2, 0) is 14.3 Å². The number of carbonyl (C=O) groups excluding carboxylic acids is 3. The highest BCUT2D eigenvalue weighted by atomic mass is 19.2. The van der Waals surface area contributed by atoms with Crippen LogP contribution < -0.4 is 10.1 Å². The van der Waals surface area contributed by atoms with Crippen LogP contribution in [0.25, 0.3) is 0 Å². The van der Waals surface area contributed by atoms with Crippen LogP contribution in [0.4, 0.5) is 14.5 Å². The van der Waals surface area contributed by atoms with E-state index in [0.29, 0.717) is 11.3 Å². The molecule has 0 aliphatic heterocycles. The molecule has 0 bridgehead atoms. The summed E-state index contributed by atoms with van der Waals surface area (Å²) < 4.78 is 36.2. The molecule has 1 amide bonds. The van der Waals surface area contributed by atoms with Gasteiger partial charge in [-0.15, -0.1) is 0 Å². The van der Waals surface area contributed by atoms with Crippen molar-refractivity contribution in [2.75, 3.05) is 11.9 Å². The van der Waals surface area contributed by atoms with Gasteiger partial charge in [0.1, 0.15) is 5.75 Å². The lowest BCUT2D eigenvalue weighted by molar-refractivity contribution is -0.155. The van der Waals surface area contributed by atoms with Crippen molar-refractivity contribution in [3.05, 3.63) is 59.7 Å². The standard InChI is InChI=1S/C19H17F2NO5/c1-11(23)13-4-3-5-15(8-13)26-10-18(24)27-12(2)19(25)22-14-6-7-16(20)17(21)9-14/h3-9,12H,10H2,1-2H3,(H,22,25)/t12-/m0/s1. The molecule has 0 radical (unpaired) electrons. The molecule has 8 heteroatoms. The fourth-order valence-corrected chi connectivity index (χ4v) is 2.05. The van der Waals surface area contributed by atoms with Gasteiger partial charge in [-0.2, -0.15) is 0 Å². The van der Waals surface area contributed by atoms with Gasteiger partial charge in [-0.1, -0.05) is 12.1 Å². The first-order chi connectivity index (χ1) is 12.8. The monoisotopic (exact) mass is 377 g/mol. The summed E-state index contributed by atoms with van der Waals surface area (Å²) in [5.74, 6) is -3.52. The molecule has 2 aromatic carbocycles. The highest BCUT2D eigenvalue weighted by Crippen LogP contribution is 2.15. The number of ketones is 1. The van der Waals surface area contributed by atoms with Gasteiger partial charge in [0.2, 0.25) is 0 Å². The molecule has 0 aromatic heterocycles. The molecule has 142 valence electrons. The summed E-state index contributed by atoms with van der Waals surface area (Å²) in [4.78, 5) is 35.1. The molecular formula is C19H17F2NO5. The summed E-state index contributed by atoms with van der Waals surface area (Å²) in [5.41, 5.74) is 0.458. The molecule has 1 N–H and O–H groups in total. The minimum Gasteiger partial charge on any atom is -0.482 e. The third-order valence-corrected chi connectivity index (χ3v) is 3.46. The predicted molar refractivity (Wildman–Crippen MR) is 92.5 cm³/mol. The van der Waals surface area contributed by atoms with Gasteiger partial charge in [0.15, 0.2) is 30.1 Å². The third kappa shape index (κ3) is 5.88. The first-order valence-corrected chi connectivity index (χ1v) is 7.95. The smallest absolute Gasteiger partial charge is 0.344 e. The summed E-state index contributed by atoms with van der Waals surface area (Å²) in [6.45, 7) is 2.26. The number of hydrogen-bond acceptors (Lipinski definition) is 5. The van der Waals surface area contributed by atoms with E-state index in [1.165, 1.54) is 26.0 Å². The lowest BCUT2D eigenvalue weighted by atomic mass is 10.1. The number of Topliss-reactive ketones (excluding diaryl/α,β-unsaturated/α-hetero) is 1. The second kappa shape index (κ2) is 8.88. The van der Waals surface area contributed by atoms with Gasteiger partial charge >= 0.3 is 5.97 Å². The van der Waals surface area contributed by atoms with Gasteiger partial charge in [0.05, 0.1) is 0 Å². The SMILES string of the molecule is CC(=O)c1cccc(OCC(=O)O[C@@H](C)C(=O)Nc2ccc(F)c(F)c2)c1. The second-order valence-electron chi connectivity index (χ2n) is 5.62. The zero-order valence-electron chi connectivity index (χ0n) is 14.6. The first-order valence-electron chi connectivity index (χ1n) is 7.95. The molecule has 0 unspecified atom stereocenters. The van der Waals surface area contributed by atoms with E-state index in [2.05, 4.69) is 5.32 Å². The Bertz CT molecular complexity index is 869. The number of nitrogens with one attached hydrogen (secondary N) is 1. The number of anilines is 1. The zero-order valence-corrected chi connectivity index (χ0v) is 14.6. The molecule has 0 aliphatic carbocycles. The van der Waals surface area contributed by atoms with E-state index in [1.807, 2.05) is 0 Å². The number of rotatable bonds is 7. The highest BCUT2D eigenvalue weighted by Gasteiger charge is 2.19. The van der Waals surface area contributed by atoms with Gasteiger partial charge in [0, 0.05) is 17.3 Å². The average molecular weight is 377 g/mol. The van der Waals surface area contributed by atoms with Crippen LogP contribution in [0.5, 0.6) is 5.75 Å². The molecule has 0 aliphatic rings. The van der Waals surface area contributed by atoms with E-state index >= 15 is 0 Å². The van der Waals surface area contributed by atoms with Crippen molar-refractivity contribution in [1.82, 2.24) is 0 Å². The van der Waals surface area contributed by atoms with Crippen LogP contribution >= 0.6 is 0 Å². The van der Waals surface area contributed by atoms with Crippen molar-refractivity contribution in [3.8, 4) is 5.75 Å². The molecule has 0 heterocycles. The normalized spacial score (nSPS) is 11.4. The number of carbonyl (C=O) groups is 3. The minimum atomic E-state index is -1.18. The van der Waals surface area contributed by atoms with E-state index in [4.69, 9.17) is 9.47 Å². The maximum absolute atomic E-state index is 13.1. The maximum Gasteiger partial charge on any atom is 0.344 e. The maximum atomic E-state index is 13.1. The number of ether oxygens (including phenoxy) is 2. The van der Waals surface area contributed by atoms with Crippen molar-refractivity contribution in [2.24, 2.45) is 0 Å². The Balaban J connectivity index is 1.85. The zero-order chi connectivity index (χ0) is 20.0. The molecule has 2 rings (SSSR count). The molecule has 0 saturated carbocycles. The Labute approximate surface area is 154 Å². The van der Waals surface area contributed by atoms with Gasteiger partial charge in [-0.25, -0.2) is 13.6 Å². The topological polar surface area (TPSA) is 81.7 Å². The van der Waals surface area contributed by atoms with Crippen LogP contribution in [0.1, 0.15) is 24.2 Å². The van der Waals surface area contributed by atoms with Crippen LogP contribution in [0.15, 0.2) is 42.5 Å². The van der Waals surface area contributed by atoms with E-state index in [9.17, 15) is 23.2 Å². The Kier molecular flexibility index (Phi) is 6.59. The van der Waals surface area contributed by atoms with Crippen LogP contribution in [0.3, 0.4) is 0 Å². The molecule has 27 heavy (non-hydrogen) atoms. The Morgan fingerprint density at radius 1 is 1.07 bits per heavy atom. The Morgan fingerprint density at radius 2 is 1.81 bits per heavy atom. The molecule has 1 atom stereocenters. The molecule has 0 spiro atoms. The molecule has 0 saturated heterocycles. The van der Waals surface area contributed by atoms with Crippen molar-refractivity contribution in [3.63, 3.8) is 0 Å². The number of benzene rings is 2. The number of halogens is 2. The number of amides is 1. The van der Waals surface area contributed by atoms with Gasteiger partial charge < -0.3 is 14.8 Å². The summed E-state index contributed by atoms with van der Waals surface area (Å²) in [5, 5.41) is 2.31. The van der Waals surface area contributed by atoms with Gasteiger partial charge in [-0.3, -0.25) is 9.59 Å². The lowest BCUT2D eigenvalue weighted by Crippen LogP contribution is -2.31. The highest BCUT2D eigenvalue weighted by molar-refractivity contribution is 5.95. The van der Waals surface area contributed by atoms with Crippen molar-refractivity contribution < 1.29 is 32.6 Å². The molecule has 0 fully saturated rings. The van der Waals surface area contributed by atoms with E-state index in [-0.39, 0.29) is 11.5 Å². The van der Waals surface area contributed by atoms with Crippen LogP contribution in [0.2, 0.25) is 0 Å². The number of esters is 1. The van der Waals surface area contributed by atoms with E-state index in [0.717, 1.165) is 12.1 Å². The lowest BCUT2D eigenvalue weighted by Gasteiger charge is -2.14. The van der Waals surface area contributed by atoms with Gasteiger partial charge in [-0.05, 0) is 38.1 Å². The first kappa shape index (κ1) is 20.0. The van der Waals surface area contributed by atoms with E-state index < -0.39 is 36.2 Å². The van der Waals surface area contributed by atoms with Crippen molar-refractivity contribution in [1.29, 1.82) is 0 Å². The molecule has 6 nitrogen and oxygen atoms in total. The van der Waals surface area contributed by atoms with Crippen molar-refractivity contribution in [2.45, 2.75) is 20.0 Å². The summed E-state index contributed by atoms with van der Waals surface area (Å²) in [6.07, 6.45) is -1.18. The van der Waals surface area contributed by atoms with Gasteiger partial charge in [0.25, 0.3) is 5.91 Å². The summed E-state index contributed by atoms with van der Waals surface area (Å²) in [7, 11) is 0. The fourth-order valence-electron chi connectivity index (χ4n) is 2.05. The quantitative estimate of drug-likeness (QED) is 0.592. The predicted octanol–water partition coefficient (Wildman–Crippen LogP) is 3.12. The summed E-state index contributed by atoms with van der Waals surface area (Å²) in [6, 6.07) is 9.12.